The molecule has 306 valence electrons. The van der Waals surface area contributed by atoms with Crippen molar-refractivity contribution in [2.24, 2.45) is 10.2 Å². The number of anilines is 1. The second kappa shape index (κ2) is 20.9. The van der Waals surface area contributed by atoms with Crippen LogP contribution >= 0.6 is 46.2 Å². The molecule has 0 spiro atoms. The number of amides is 2. The minimum absolute atomic E-state index is 0.126. The zero-order valence-corrected chi connectivity index (χ0v) is 36.5. The summed E-state index contributed by atoms with van der Waals surface area (Å²) < 4.78 is 4.13. The maximum atomic E-state index is 12.9. The SMILES string of the molecule is CC(=O)NN=C(CSc1nnc(CCN(CCc2nnc(SCC(=O)NN=C(C)c3cccs3)n2-c2ccccc2)c2ccc(C)cc2)n1-c1ccccc1)c1cccs1. The van der Waals surface area contributed by atoms with Crippen LogP contribution in [0.15, 0.2) is 140 Å². The maximum Gasteiger partial charge on any atom is 0.250 e. The predicted molar refractivity (Wildman–Crippen MR) is 244 cm³/mol. The summed E-state index contributed by atoms with van der Waals surface area (Å²) in [5.41, 5.74) is 10.9. The van der Waals surface area contributed by atoms with Gasteiger partial charge < -0.3 is 4.90 Å². The van der Waals surface area contributed by atoms with E-state index in [4.69, 9.17) is 5.10 Å². The number of para-hydroxylation sites is 2. The molecule has 0 atom stereocenters. The number of hydrogen-bond acceptors (Lipinski definition) is 13. The number of hydrazone groups is 2. The smallest absolute Gasteiger partial charge is 0.250 e. The fourth-order valence-corrected chi connectivity index (χ4v) is 9.28. The molecular weight excluding hydrogens is 831 g/mol. The fraction of sp³-hybridized carbons (Fsp3) is 0.209. The molecule has 0 aliphatic heterocycles. The predicted octanol–water partition coefficient (Wildman–Crippen LogP) is 7.84. The monoisotopic (exact) mass is 873 g/mol. The van der Waals surface area contributed by atoms with Crippen LogP contribution in [0, 0.1) is 6.92 Å². The van der Waals surface area contributed by atoms with E-state index in [0.29, 0.717) is 36.8 Å². The first-order chi connectivity index (χ1) is 29.3. The summed E-state index contributed by atoms with van der Waals surface area (Å²) in [6.45, 7) is 6.69. The van der Waals surface area contributed by atoms with E-state index in [-0.39, 0.29) is 17.6 Å². The highest BCUT2D eigenvalue weighted by molar-refractivity contribution is 8.00. The highest BCUT2D eigenvalue weighted by Crippen LogP contribution is 2.27. The van der Waals surface area contributed by atoms with Gasteiger partial charge in [-0.1, -0.05) is 89.8 Å². The number of nitrogens with one attached hydrogen (secondary N) is 2. The molecule has 0 radical (unpaired) electrons. The molecule has 7 rings (SSSR count). The third-order valence-electron chi connectivity index (χ3n) is 9.09. The van der Waals surface area contributed by atoms with Gasteiger partial charge in [-0.2, -0.15) is 10.2 Å². The van der Waals surface area contributed by atoms with Crippen LogP contribution < -0.4 is 15.8 Å². The Kier molecular flexibility index (Phi) is 14.7. The highest BCUT2D eigenvalue weighted by Gasteiger charge is 2.20. The summed E-state index contributed by atoms with van der Waals surface area (Å²) in [5.74, 6) is 1.75. The number of hydrogen-bond donors (Lipinski definition) is 2. The average molecular weight is 874 g/mol. The molecule has 0 fully saturated rings. The van der Waals surface area contributed by atoms with E-state index < -0.39 is 0 Å². The third-order valence-corrected chi connectivity index (χ3v) is 12.9. The van der Waals surface area contributed by atoms with Crippen LogP contribution in [-0.2, 0) is 22.4 Å². The van der Waals surface area contributed by atoms with Crippen LogP contribution in [0.1, 0.15) is 40.8 Å². The van der Waals surface area contributed by atoms with Gasteiger partial charge in [0.25, 0.3) is 5.91 Å². The Hall–Kier alpha value is -5.88. The second-order valence-corrected chi connectivity index (χ2v) is 17.2. The van der Waals surface area contributed by atoms with E-state index in [9.17, 15) is 9.59 Å². The van der Waals surface area contributed by atoms with Crippen molar-refractivity contribution in [2.45, 2.75) is 43.9 Å². The van der Waals surface area contributed by atoms with Crippen molar-refractivity contribution < 1.29 is 9.59 Å². The third kappa shape index (κ3) is 11.2. The van der Waals surface area contributed by atoms with Crippen LogP contribution in [0.3, 0.4) is 0 Å². The number of aryl methyl sites for hydroxylation is 1. The Bertz CT molecular complexity index is 2520. The summed E-state index contributed by atoms with van der Waals surface area (Å²) in [6, 6.07) is 36.5. The Balaban J connectivity index is 1.10. The van der Waals surface area contributed by atoms with Crippen molar-refractivity contribution in [2.75, 3.05) is 29.5 Å². The summed E-state index contributed by atoms with van der Waals surface area (Å²) >= 11 is 5.98. The first kappa shape index (κ1) is 42.3. The van der Waals surface area contributed by atoms with Gasteiger partial charge in [-0.25, -0.2) is 10.9 Å². The van der Waals surface area contributed by atoms with Gasteiger partial charge in [0.15, 0.2) is 10.3 Å². The molecule has 13 nitrogen and oxygen atoms in total. The van der Waals surface area contributed by atoms with Crippen LogP contribution in [0.4, 0.5) is 5.69 Å². The lowest BCUT2D eigenvalue weighted by molar-refractivity contribution is -0.119. The molecular formula is C43H43N11O2S4. The Morgan fingerprint density at radius 3 is 1.73 bits per heavy atom. The maximum absolute atomic E-state index is 12.9. The van der Waals surface area contributed by atoms with Crippen molar-refractivity contribution in [3.8, 4) is 11.4 Å². The Morgan fingerprint density at radius 1 is 0.650 bits per heavy atom. The lowest BCUT2D eigenvalue weighted by atomic mass is 10.2. The van der Waals surface area contributed by atoms with E-state index in [0.717, 1.165) is 55.0 Å². The molecule has 0 saturated heterocycles. The minimum Gasteiger partial charge on any atom is -0.371 e. The van der Waals surface area contributed by atoms with Gasteiger partial charge in [0, 0.05) is 60.5 Å². The first-order valence-corrected chi connectivity index (χ1v) is 22.9. The molecule has 0 saturated carbocycles. The van der Waals surface area contributed by atoms with Gasteiger partial charge in [-0.3, -0.25) is 18.7 Å². The van der Waals surface area contributed by atoms with Gasteiger partial charge in [0.2, 0.25) is 5.91 Å². The Morgan fingerprint density at radius 2 is 1.20 bits per heavy atom. The molecule has 60 heavy (non-hydrogen) atoms. The van der Waals surface area contributed by atoms with Gasteiger partial charge in [-0.05, 0) is 73.1 Å². The normalized spacial score (nSPS) is 11.8. The molecule has 2 N–H and O–H groups in total. The van der Waals surface area contributed by atoms with Gasteiger partial charge in [0.1, 0.15) is 11.6 Å². The first-order valence-electron chi connectivity index (χ1n) is 19.1. The Labute approximate surface area is 365 Å². The largest absolute Gasteiger partial charge is 0.371 e. The van der Waals surface area contributed by atoms with Crippen molar-refractivity contribution in [3.63, 3.8) is 0 Å². The molecule has 0 aliphatic carbocycles. The van der Waals surface area contributed by atoms with E-state index in [2.05, 4.69) is 89.1 Å². The van der Waals surface area contributed by atoms with Crippen LogP contribution in [0.25, 0.3) is 11.4 Å². The van der Waals surface area contributed by atoms with Crippen molar-refractivity contribution in [1.29, 1.82) is 0 Å². The molecule has 4 heterocycles. The van der Waals surface area contributed by atoms with Crippen LogP contribution in [0.2, 0.25) is 0 Å². The van der Waals surface area contributed by atoms with E-state index >= 15 is 0 Å². The topological polar surface area (TPSA) is 148 Å². The lowest BCUT2D eigenvalue weighted by Crippen LogP contribution is -2.29. The summed E-state index contributed by atoms with van der Waals surface area (Å²) in [4.78, 5) is 28.9. The zero-order chi connectivity index (χ0) is 41.7. The van der Waals surface area contributed by atoms with E-state index in [1.807, 2.05) is 95.0 Å². The number of thiophene rings is 2. The van der Waals surface area contributed by atoms with Crippen molar-refractivity contribution in [1.82, 2.24) is 40.4 Å². The molecule has 2 amide bonds. The second-order valence-electron chi connectivity index (χ2n) is 13.5. The molecule has 0 bridgehead atoms. The minimum atomic E-state index is -0.229. The average Bonchev–Trinajstić information content (AvgIpc) is 4.12. The highest BCUT2D eigenvalue weighted by atomic mass is 32.2. The molecule has 17 heteroatoms. The number of nitrogens with zero attached hydrogens (tertiary/aromatic N) is 9. The summed E-state index contributed by atoms with van der Waals surface area (Å²) in [5, 5.41) is 32.6. The van der Waals surface area contributed by atoms with Crippen molar-refractivity contribution >= 4 is 75.1 Å². The van der Waals surface area contributed by atoms with Crippen molar-refractivity contribution in [3.05, 3.63) is 147 Å². The molecule has 0 unspecified atom stereocenters. The van der Waals surface area contributed by atoms with E-state index in [1.54, 1.807) is 22.7 Å². The molecule has 7 aromatic rings. The number of benzene rings is 3. The van der Waals surface area contributed by atoms with Crippen LogP contribution in [0.5, 0.6) is 0 Å². The standard InChI is InChI=1S/C43H43N11O2S4/c1-30-18-20-33(21-19-30)52(24-22-39-47-50-42(53(39)34-12-6-4-7-13-34)59-28-36(46-45-32(3)55)38-17-11-27-58-38)25-23-40-48-51-43(54(40)35-14-8-5-9-15-35)60-29-41(56)49-44-31(2)37-16-10-26-57-37/h4-21,26-27H,22-25,28-29H2,1-3H3,(H,45,55)(H,49,56). The number of rotatable bonds is 19. The zero-order valence-electron chi connectivity index (χ0n) is 33.3. The lowest BCUT2D eigenvalue weighted by Gasteiger charge is -2.25. The number of carbonyl (C=O) groups is 2. The summed E-state index contributed by atoms with van der Waals surface area (Å²) in [7, 11) is 0. The molecule has 3 aromatic carbocycles. The quantitative estimate of drug-likeness (QED) is 0.0472. The fourth-order valence-electron chi connectivity index (χ4n) is 6.11. The molecule has 0 aliphatic rings. The number of thioether (sulfide) groups is 2. The number of aromatic nitrogens is 6. The summed E-state index contributed by atoms with van der Waals surface area (Å²) in [6.07, 6.45) is 1.18. The van der Waals surface area contributed by atoms with Crippen LogP contribution in [-0.4, -0.2) is 77.4 Å². The van der Waals surface area contributed by atoms with Gasteiger partial charge in [0.05, 0.1) is 22.1 Å². The van der Waals surface area contributed by atoms with E-state index in [1.165, 1.54) is 36.0 Å². The number of carbonyl (C=O) groups excluding carboxylic acids is 2. The van der Waals surface area contributed by atoms with Gasteiger partial charge >= 0.3 is 0 Å². The molecule has 4 aromatic heterocycles. The van der Waals surface area contributed by atoms with Gasteiger partial charge in [-0.15, -0.1) is 43.1 Å².